The fourth-order valence-electron chi connectivity index (χ4n) is 1.14. The summed E-state index contributed by atoms with van der Waals surface area (Å²) in [6.45, 7) is 1.97. The van der Waals surface area contributed by atoms with E-state index in [1.54, 1.807) is 25.1 Å². The molecule has 0 radical (unpaired) electrons. The molecule has 0 heterocycles. The highest BCUT2D eigenvalue weighted by Gasteiger charge is 2.09. The van der Waals surface area contributed by atoms with Crippen LogP contribution in [0.3, 0.4) is 0 Å². The van der Waals surface area contributed by atoms with Crippen molar-refractivity contribution in [3.8, 4) is 0 Å². The van der Waals surface area contributed by atoms with Gasteiger partial charge in [-0.15, -0.1) is 0 Å². The molecule has 0 atom stereocenters. The highest BCUT2D eigenvalue weighted by molar-refractivity contribution is 5.87. The fourth-order valence-corrected chi connectivity index (χ4v) is 1.14. The first kappa shape index (κ1) is 11.9. The molecule has 0 saturated carbocycles. The molecular formula is C11H11NO4. The Morgan fingerprint density at radius 2 is 2.19 bits per heavy atom. The van der Waals surface area contributed by atoms with Gasteiger partial charge < -0.3 is 4.74 Å². The van der Waals surface area contributed by atoms with Crippen molar-refractivity contribution in [3.05, 3.63) is 46.0 Å². The summed E-state index contributed by atoms with van der Waals surface area (Å²) >= 11 is 0. The summed E-state index contributed by atoms with van der Waals surface area (Å²) in [7, 11) is 0. The summed E-state index contributed by atoms with van der Waals surface area (Å²) in [4.78, 5) is 21.2. The maximum Gasteiger partial charge on any atom is 0.330 e. The first-order valence-electron chi connectivity index (χ1n) is 4.73. The molecule has 0 bridgehead atoms. The summed E-state index contributed by atoms with van der Waals surface area (Å²) in [5, 5.41) is 10.6. The van der Waals surface area contributed by atoms with Gasteiger partial charge in [-0.2, -0.15) is 0 Å². The van der Waals surface area contributed by atoms with Crippen LogP contribution in [0.1, 0.15) is 12.5 Å². The highest BCUT2D eigenvalue weighted by atomic mass is 16.6. The Hall–Kier alpha value is -2.17. The Kier molecular flexibility index (Phi) is 4.20. The lowest BCUT2D eigenvalue weighted by molar-refractivity contribution is -0.385. The molecule has 0 fully saturated rings. The SMILES string of the molecule is CCOC(=O)/C=C\c1ccccc1[N+](=O)[O-]. The van der Waals surface area contributed by atoms with Crippen LogP contribution in [0.4, 0.5) is 5.69 Å². The number of para-hydroxylation sites is 1. The molecule has 0 unspecified atom stereocenters. The molecule has 0 aliphatic heterocycles. The fraction of sp³-hybridized carbons (Fsp3) is 0.182. The molecule has 0 amide bonds. The molecular weight excluding hydrogens is 210 g/mol. The first-order valence-corrected chi connectivity index (χ1v) is 4.73. The van der Waals surface area contributed by atoms with Crippen molar-refractivity contribution >= 4 is 17.7 Å². The van der Waals surface area contributed by atoms with Gasteiger partial charge >= 0.3 is 5.97 Å². The number of hydrogen-bond acceptors (Lipinski definition) is 4. The Morgan fingerprint density at radius 3 is 2.81 bits per heavy atom. The van der Waals surface area contributed by atoms with Crippen LogP contribution in [0, 0.1) is 10.1 Å². The second kappa shape index (κ2) is 5.65. The molecule has 1 aromatic rings. The van der Waals surface area contributed by atoms with E-state index in [4.69, 9.17) is 0 Å². The van der Waals surface area contributed by atoms with Gasteiger partial charge in [0.05, 0.1) is 17.1 Å². The van der Waals surface area contributed by atoms with Gasteiger partial charge in [0.15, 0.2) is 0 Å². The minimum absolute atomic E-state index is 0.0388. The second-order valence-electron chi connectivity index (χ2n) is 2.90. The van der Waals surface area contributed by atoms with Crippen molar-refractivity contribution < 1.29 is 14.5 Å². The van der Waals surface area contributed by atoms with E-state index in [1.165, 1.54) is 18.2 Å². The van der Waals surface area contributed by atoms with Crippen LogP contribution >= 0.6 is 0 Å². The third-order valence-corrected chi connectivity index (χ3v) is 1.82. The lowest BCUT2D eigenvalue weighted by Crippen LogP contribution is -1.99. The van der Waals surface area contributed by atoms with E-state index in [-0.39, 0.29) is 12.3 Å². The van der Waals surface area contributed by atoms with Crippen LogP contribution in [0.5, 0.6) is 0 Å². The van der Waals surface area contributed by atoms with Crippen LogP contribution in [0.15, 0.2) is 30.3 Å². The lowest BCUT2D eigenvalue weighted by Gasteiger charge is -1.97. The molecule has 1 aromatic carbocycles. The van der Waals surface area contributed by atoms with Crippen molar-refractivity contribution in [2.24, 2.45) is 0 Å². The Bertz CT molecular complexity index is 426. The summed E-state index contributed by atoms with van der Waals surface area (Å²) in [5.74, 6) is -0.513. The van der Waals surface area contributed by atoms with E-state index in [2.05, 4.69) is 4.74 Å². The standard InChI is InChI=1S/C11H11NO4/c1-2-16-11(13)8-7-9-5-3-4-6-10(9)12(14)15/h3-8H,2H2,1H3/b8-7-. The lowest BCUT2D eigenvalue weighted by atomic mass is 10.1. The maximum absolute atomic E-state index is 11.0. The summed E-state index contributed by atoms with van der Waals surface area (Å²) in [6, 6.07) is 6.18. The summed E-state index contributed by atoms with van der Waals surface area (Å²) in [6.07, 6.45) is 2.54. The van der Waals surface area contributed by atoms with E-state index in [0.717, 1.165) is 0 Å². The number of benzene rings is 1. The van der Waals surface area contributed by atoms with Crippen LogP contribution in [0.25, 0.3) is 6.08 Å². The van der Waals surface area contributed by atoms with Crippen molar-refractivity contribution in [2.75, 3.05) is 6.61 Å². The van der Waals surface area contributed by atoms with Crippen molar-refractivity contribution in [3.63, 3.8) is 0 Å². The van der Waals surface area contributed by atoms with Gasteiger partial charge in [0.1, 0.15) is 0 Å². The summed E-state index contributed by atoms with van der Waals surface area (Å²) in [5.41, 5.74) is 0.337. The molecule has 0 aliphatic rings. The van der Waals surface area contributed by atoms with Gasteiger partial charge in [-0.3, -0.25) is 10.1 Å². The Balaban J connectivity index is 2.88. The maximum atomic E-state index is 11.0. The average molecular weight is 221 g/mol. The van der Waals surface area contributed by atoms with Crippen LogP contribution in [0.2, 0.25) is 0 Å². The van der Waals surface area contributed by atoms with Crippen molar-refractivity contribution in [1.29, 1.82) is 0 Å². The number of hydrogen-bond donors (Lipinski definition) is 0. The first-order chi connectivity index (χ1) is 7.65. The third-order valence-electron chi connectivity index (χ3n) is 1.82. The minimum Gasteiger partial charge on any atom is -0.463 e. The molecule has 16 heavy (non-hydrogen) atoms. The molecule has 0 aromatic heterocycles. The van der Waals surface area contributed by atoms with E-state index in [9.17, 15) is 14.9 Å². The van der Waals surface area contributed by atoms with Crippen LogP contribution < -0.4 is 0 Å². The molecule has 5 heteroatoms. The zero-order valence-corrected chi connectivity index (χ0v) is 8.75. The molecule has 5 nitrogen and oxygen atoms in total. The van der Waals surface area contributed by atoms with Gasteiger partial charge in [0.25, 0.3) is 5.69 Å². The van der Waals surface area contributed by atoms with Crippen LogP contribution in [-0.2, 0) is 9.53 Å². The van der Waals surface area contributed by atoms with Gasteiger partial charge in [0, 0.05) is 12.1 Å². The number of nitrogens with zero attached hydrogens (tertiary/aromatic N) is 1. The smallest absolute Gasteiger partial charge is 0.330 e. The van der Waals surface area contributed by atoms with Gasteiger partial charge in [-0.1, -0.05) is 12.1 Å². The Morgan fingerprint density at radius 1 is 1.50 bits per heavy atom. The quantitative estimate of drug-likeness (QED) is 0.338. The highest BCUT2D eigenvalue weighted by Crippen LogP contribution is 2.18. The van der Waals surface area contributed by atoms with E-state index < -0.39 is 10.9 Å². The van der Waals surface area contributed by atoms with E-state index in [0.29, 0.717) is 5.56 Å². The number of ether oxygens (including phenoxy) is 1. The third kappa shape index (κ3) is 3.20. The molecule has 0 aliphatic carbocycles. The normalized spacial score (nSPS) is 10.3. The second-order valence-corrected chi connectivity index (χ2v) is 2.90. The zero-order chi connectivity index (χ0) is 12.0. The molecule has 1 rings (SSSR count). The molecule has 0 spiro atoms. The monoisotopic (exact) mass is 221 g/mol. The number of rotatable bonds is 4. The predicted octanol–water partition coefficient (Wildman–Crippen LogP) is 2.17. The van der Waals surface area contributed by atoms with Crippen molar-refractivity contribution in [2.45, 2.75) is 6.92 Å². The number of carbonyl (C=O) groups excluding carboxylic acids is 1. The number of nitro benzene ring substituents is 1. The van der Waals surface area contributed by atoms with E-state index >= 15 is 0 Å². The summed E-state index contributed by atoms with van der Waals surface area (Å²) < 4.78 is 4.67. The number of carbonyl (C=O) groups is 1. The average Bonchev–Trinajstić information content (AvgIpc) is 2.27. The molecule has 84 valence electrons. The largest absolute Gasteiger partial charge is 0.463 e. The van der Waals surface area contributed by atoms with Gasteiger partial charge in [-0.05, 0) is 19.1 Å². The van der Waals surface area contributed by atoms with E-state index in [1.807, 2.05) is 0 Å². The van der Waals surface area contributed by atoms with Crippen molar-refractivity contribution in [1.82, 2.24) is 0 Å². The van der Waals surface area contributed by atoms with Crippen LogP contribution in [-0.4, -0.2) is 17.5 Å². The Labute approximate surface area is 92.5 Å². The topological polar surface area (TPSA) is 69.4 Å². The zero-order valence-electron chi connectivity index (χ0n) is 8.75. The molecule has 0 saturated heterocycles. The van der Waals surface area contributed by atoms with Gasteiger partial charge in [-0.25, -0.2) is 4.79 Å². The van der Waals surface area contributed by atoms with Gasteiger partial charge in [0.2, 0.25) is 0 Å². The number of nitro groups is 1. The number of esters is 1. The molecule has 0 N–H and O–H groups in total. The predicted molar refractivity (Wildman–Crippen MR) is 58.8 cm³/mol. The minimum atomic E-state index is -0.513.